The van der Waals surface area contributed by atoms with Gasteiger partial charge in [0.15, 0.2) is 11.3 Å². The number of rotatable bonds is 5. The number of pyridine rings is 1. The SMILES string of the molecule is Cc1ccc2oc(C(=O)N3CCC(OCCCN)CC3)cc2n1. The van der Waals surface area contributed by atoms with E-state index in [4.69, 9.17) is 14.9 Å². The molecule has 1 saturated heterocycles. The van der Waals surface area contributed by atoms with Crippen LogP contribution in [0.1, 0.15) is 35.5 Å². The van der Waals surface area contributed by atoms with E-state index in [-0.39, 0.29) is 12.0 Å². The molecule has 0 atom stereocenters. The Labute approximate surface area is 135 Å². The van der Waals surface area contributed by atoms with Gasteiger partial charge in [0.1, 0.15) is 5.52 Å². The van der Waals surface area contributed by atoms with Crippen molar-refractivity contribution < 1.29 is 13.9 Å². The van der Waals surface area contributed by atoms with Crippen molar-refractivity contribution in [1.29, 1.82) is 0 Å². The Morgan fingerprint density at radius 2 is 2.22 bits per heavy atom. The minimum absolute atomic E-state index is 0.0685. The summed E-state index contributed by atoms with van der Waals surface area (Å²) in [5.74, 6) is 0.293. The number of ether oxygens (including phenoxy) is 1. The number of hydrogen-bond donors (Lipinski definition) is 1. The molecule has 0 aromatic carbocycles. The van der Waals surface area contributed by atoms with Crippen molar-refractivity contribution in [3.05, 3.63) is 29.7 Å². The lowest BCUT2D eigenvalue weighted by molar-refractivity contribution is 0.00770. The van der Waals surface area contributed by atoms with Crippen LogP contribution in [0.2, 0.25) is 0 Å². The monoisotopic (exact) mass is 317 g/mol. The summed E-state index contributed by atoms with van der Waals surface area (Å²) in [6.07, 6.45) is 2.82. The summed E-state index contributed by atoms with van der Waals surface area (Å²) in [6.45, 7) is 4.65. The number of carbonyl (C=O) groups excluding carboxylic acids is 1. The number of furan rings is 1. The molecule has 3 rings (SSSR count). The molecule has 1 aliphatic heterocycles. The van der Waals surface area contributed by atoms with Crippen molar-refractivity contribution >= 4 is 17.0 Å². The maximum atomic E-state index is 12.6. The smallest absolute Gasteiger partial charge is 0.289 e. The fourth-order valence-corrected chi connectivity index (χ4v) is 2.85. The number of hydrogen-bond acceptors (Lipinski definition) is 5. The van der Waals surface area contributed by atoms with Crippen molar-refractivity contribution in [2.75, 3.05) is 26.2 Å². The normalized spacial score (nSPS) is 16.2. The number of likely N-dealkylation sites (tertiary alicyclic amines) is 1. The molecule has 6 heteroatoms. The standard InChI is InChI=1S/C17H23N3O3/c1-12-3-4-15-14(19-12)11-16(23-15)17(21)20-8-5-13(6-9-20)22-10-2-7-18/h3-4,11,13H,2,5-10,18H2,1H3. The van der Waals surface area contributed by atoms with Crippen LogP contribution in [-0.2, 0) is 4.74 Å². The van der Waals surface area contributed by atoms with Crippen LogP contribution in [0, 0.1) is 6.92 Å². The van der Waals surface area contributed by atoms with Crippen molar-refractivity contribution in [2.24, 2.45) is 5.73 Å². The zero-order chi connectivity index (χ0) is 16.2. The predicted molar refractivity (Wildman–Crippen MR) is 87.3 cm³/mol. The Kier molecular flexibility index (Phi) is 4.93. The van der Waals surface area contributed by atoms with E-state index in [1.807, 2.05) is 24.0 Å². The van der Waals surface area contributed by atoms with Crippen LogP contribution in [0.3, 0.4) is 0 Å². The molecule has 0 unspecified atom stereocenters. The van der Waals surface area contributed by atoms with Crippen LogP contribution in [0.15, 0.2) is 22.6 Å². The first kappa shape index (κ1) is 16.0. The second kappa shape index (κ2) is 7.10. The third kappa shape index (κ3) is 3.71. The average molecular weight is 317 g/mol. The summed E-state index contributed by atoms with van der Waals surface area (Å²) in [4.78, 5) is 18.8. The van der Waals surface area contributed by atoms with Gasteiger partial charge >= 0.3 is 0 Å². The fraction of sp³-hybridized carbons (Fsp3) is 0.529. The van der Waals surface area contributed by atoms with Crippen molar-refractivity contribution in [2.45, 2.75) is 32.3 Å². The first-order valence-corrected chi connectivity index (χ1v) is 8.15. The molecule has 0 spiro atoms. The van der Waals surface area contributed by atoms with Gasteiger partial charge in [-0.2, -0.15) is 0 Å². The lowest BCUT2D eigenvalue weighted by Crippen LogP contribution is -2.40. The van der Waals surface area contributed by atoms with Crippen LogP contribution < -0.4 is 5.73 Å². The van der Waals surface area contributed by atoms with Gasteiger partial charge in [-0.15, -0.1) is 0 Å². The van der Waals surface area contributed by atoms with Gasteiger partial charge in [0.2, 0.25) is 0 Å². The van der Waals surface area contributed by atoms with Crippen LogP contribution in [0.5, 0.6) is 0 Å². The van der Waals surface area contributed by atoms with E-state index in [0.29, 0.717) is 37.6 Å². The highest BCUT2D eigenvalue weighted by Gasteiger charge is 2.26. The van der Waals surface area contributed by atoms with Gasteiger partial charge in [0.25, 0.3) is 5.91 Å². The zero-order valence-electron chi connectivity index (χ0n) is 13.5. The number of aryl methyl sites for hydroxylation is 1. The summed E-state index contributed by atoms with van der Waals surface area (Å²) in [5, 5.41) is 0. The van der Waals surface area contributed by atoms with Crippen LogP contribution in [0.4, 0.5) is 0 Å². The molecule has 3 heterocycles. The average Bonchev–Trinajstić information content (AvgIpc) is 2.98. The number of fused-ring (bicyclic) bond motifs is 1. The number of nitrogens with zero attached hydrogens (tertiary/aromatic N) is 2. The predicted octanol–water partition coefficient (Wildman–Crippen LogP) is 2.11. The maximum Gasteiger partial charge on any atom is 0.289 e. The number of aromatic nitrogens is 1. The molecule has 1 fully saturated rings. The van der Waals surface area contributed by atoms with Crippen molar-refractivity contribution in [3.8, 4) is 0 Å². The molecule has 23 heavy (non-hydrogen) atoms. The molecule has 1 aliphatic rings. The summed E-state index contributed by atoms with van der Waals surface area (Å²) in [5.41, 5.74) is 7.75. The maximum absolute atomic E-state index is 12.6. The van der Waals surface area contributed by atoms with Gasteiger partial charge in [-0.1, -0.05) is 0 Å². The van der Waals surface area contributed by atoms with Gasteiger partial charge in [-0.05, 0) is 44.9 Å². The van der Waals surface area contributed by atoms with E-state index in [9.17, 15) is 4.79 Å². The second-order valence-corrected chi connectivity index (χ2v) is 5.95. The highest BCUT2D eigenvalue weighted by Crippen LogP contribution is 2.21. The number of amides is 1. The van der Waals surface area contributed by atoms with E-state index in [0.717, 1.165) is 30.5 Å². The molecular formula is C17H23N3O3. The molecule has 0 bridgehead atoms. The van der Waals surface area contributed by atoms with Crippen molar-refractivity contribution in [3.63, 3.8) is 0 Å². The number of carbonyl (C=O) groups is 1. The molecule has 0 aliphatic carbocycles. The Morgan fingerprint density at radius 3 is 2.96 bits per heavy atom. The first-order chi connectivity index (χ1) is 11.2. The van der Waals surface area contributed by atoms with Gasteiger partial charge in [-0.3, -0.25) is 4.79 Å². The third-order valence-electron chi connectivity index (χ3n) is 4.15. The number of nitrogens with two attached hydrogens (primary N) is 1. The quantitative estimate of drug-likeness (QED) is 0.854. The second-order valence-electron chi connectivity index (χ2n) is 5.95. The fourth-order valence-electron chi connectivity index (χ4n) is 2.85. The molecule has 2 aromatic rings. The van der Waals surface area contributed by atoms with Gasteiger partial charge in [0.05, 0.1) is 6.10 Å². The third-order valence-corrected chi connectivity index (χ3v) is 4.15. The van der Waals surface area contributed by atoms with E-state index in [2.05, 4.69) is 4.98 Å². The molecule has 0 saturated carbocycles. The van der Waals surface area contributed by atoms with E-state index in [1.54, 1.807) is 6.07 Å². The molecule has 124 valence electrons. The molecular weight excluding hydrogens is 294 g/mol. The Morgan fingerprint density at radius 1 is 1.43 bits per heavy atom. The zero-order valence-corrected chi connectivity index (χ0v) is 13.5. The molecule has 6 nitrogen and oxygen atoms in total. The van der Waals surface area contributed by atoms with Gasteiger partial charge < -0.3 is 19.8 Å². The largest absolute Gasteiger partial charge is 0.449 e. The number of piperidine rings is 1. The lowest BCUT2D eigenvalue weighted by Gasteiger charge is -2.31. The van der Waals surface area contributed by atoms with E-state index < -0.39 is 0 Å². The van der Waals surface area contributed by atoms with Crippen LogP contribution in [0.25, 0.3) is 11.1 Å². The van der Waals surface area contributed by atoms with Gasteiger partial charge in [-0.25, -0.2) is 4.98 Å². The molecule has 1 amide bonds. The molecule has 2 N–H and O–H groups in total. The van der Waals surface area contributed by atoms with Crippen LogP contribution in [-0.4, -0.2) is 48.1 Å². The van der Waals surface area contributed by atoms with Crippen LogP contribution >= 0.6 is 0 Å². The van der Waals surface area contributed by atoms with E-state index >= 15 is 0 Å². The Bertz CT molecular complexity index is 675. The highest BCUT2D eigenvalue weighted by atomic mass is 16.5. The summed E-state index contributed by atoms with van der Waals surface area (Å²) >= 11 is 0. The van der Waals surface area contributed by atoms with Gasteiger partial charge in [0, 0.05) is 31.5 Å². The summed E-state index contributed by atoms with van der Waals surface area (Å²) < 4.78 is 11.4. The molecule has 2 aromatic heterocycles. The lowest BCUT2D eigenvalue weighted by atomic mass is 10.1. The molecule has 0 radical (unpaired) electrons. The summed E-state index contributed by atoms with van der Waals surface area (Å²) in [6, 6.07) is 5.46. The minimum atomic E-state index is -0.0685. The first-order valence-electron chi connectivity index (χ1n) is 8.15. The van der Waals surface area contributed by atoms with Crippen molar-refractivity contribution in [1.82, 2.24) is 9.88 Å². The Balaban J connectivity index is 1.60. The Hall–Kier alpha value is -1.92. The summed E-state index contributed by atoms with van der Waals surface area (Å²) in [7, 11) is 0. The topological polar surface area (TPSA) is 81.6 Å². The van der Waals surface area contributed by atoms with E-state index in [1.165, 1.54) is 0 Å². The minimum Gasteiger partial charge on any atom is -0.449 e. The highest BCUT2D eigenvalue weighted by molar-refractivity contribution is 5.95.